The van der Waals surface area contributed by atoms with E-state index >= 15 is 0 Å². The maximum Gasteiger partial charge on any atom is 0.120 e. The highest BCUT2D eigenvalue weighted by molar-refractivity contribution is 5.28. The first-order valence-electron chi connectivity index (χ1n) is 6.93. The normalized spacial score (nSPS) is 11.9. The summed E-state index contributed by atoms with van der Waals surface area (Å²) in [5, 5.41) is 3.60. The first-order valence-corrected chi connectivity index (χ1v) is 6.93. The van der Waals surface area contributed by atoms with Crippen molar-refractivity contribution in [1.29, 1.82) is 0 Å². The fraction of sp³-hybridized carbons (Fsp3) is 0.625. The van der Waals surface area contributed by atoms with Gasteiger partial charge in [0.1, 0.15) is 5.75 Å². The minimum atomic E-state index is 0.198. The first kappa shape index (κ1) is 15.0. The molecule has 0 aliphatic heterocycles. The van der Waals surface area contributed by atoms with Gasteiger partial charge in [-0.15, -0.1) is 0 Å². The van der Waals surface area contributed by atoms with Gasteiger partial charge in [-0.05, 0) is 51.8 Å². The van der Waals surface area contributed by atoms with E-state index < -0.39 is 0 Å². The summed E-state index contributed by atoms with van der Waals surface area (Å²) in [6, 6.07) is 8.33. The zero-order valence-electron chi connectivity index (χ0n) is 12.4. The molecule has 0 bridgehead atoms. The van der Waals surface area contributed by atoms with E-state index in [2.05, 4.69) is 58.1 Å². The molecule has 0 atom stereocenters. The highest BCUT2D eigenvalue weighted by Gasteiger charge is 2.15. The van der Waals surface area contributed by atoms with Gasteiger partial charge in [-0.2, -0.15) is 0 Å². The molecule has 1 aromatic carbocycles. The van der Waals surface area contributed by atoms with E-state index in [4.69, 9.17) is 4.74 Å². The fourth-order valence-corrected chi connectivity index (χ4v) is 2.06. The quantitative estimate of drug-likeness (QED) is 0.784. The molecule has 0 aliphatic carbocycles. The Bertz CT molecular complexity index is 358. The number of nitrogens with one attached hydrogen (secondary N) is 1. The molecule has 18 heavy (non-hydrogen) atoms. The van der Waals surface area contributed by atoms with Gasteiger partial charge in [0.25, 0.3) is 0 Å². The zero-order valence-corrected chi connectivity index (χ0v) is 12.4. The molecule has 1 aromatic rings. The lowest BCUT2D eigenvalue weighted by molar-refractivity contribution is 0.242. The summed E-state index contributed by atoms with van der Waals surface area (Å²) in [4.78, 5) is 0. The van der Waals surface area contributed by atoms with E-state index in [1.54, 1.807) is 0 Å². The van der Waals surface area contributed by atoms with E-state index in [0.717, 1.165) is 12.3 Å². The van der Waals surface area contributed by atoms with Gasteiger partial charge >= 0.3 is 0 Å². The molecule has 0 saturated heterocycles. The minimum Gasteiger partial charge on any atom is -0.491 e. The number of rotatable bonds is 7. The molecule has 0 spiro atoms. The Morgan fingerprint density at radius 3 is 2.61 bits per heavy atom. The third kappa shape index (κ3) is 5.54. The van der Waals surface area contributed by atoms with Crippen LogP contribution in [0.3, 0.4) is 0 Å². The predicted molar refractivity (Wildman–Crippen MR) is 78.0 cm³/mol. The summed E-state index contributed by atoms with van der Waals surface area (Å²) in [5.74, 6) is 0.956. The molecule has 0 aromatic heterocycles. The maximum absolute atomic E-state index is 5.71. The second-order valence-electron chi connectivity index (χ2n) is 5.80. The number of hydrogen-bond acceptors (Lipinski definition) is 2. The highest BCUT2D eigenvalue weighted by atomic mass is 16.5. The van der Waals surface area contributed by atoms with Crippen LogP contribution in [0.25, 0.3) is 0 Å². The van der Waals surface area contributed by atoms with Crippen molar-refractivity contribution in [2.24, 2.45) is 0 Å². The SMILES string of the molecule is CCCC(C)(C)NCc1cccc(OC(C)C)c1. The molecular formula is C16H27NO. The summed E-state index contributed by atoms with van der Waals surface area (Å²) in [5.41, 5.74) is 1.47. The molecule has 0 heterocycles. The van der Waals surface area contributed by atoms with Gasteiger partial charge < -0.3 is 10.1 Å². The monoisotopic (exact) mass is 249 g/mol. The van der Waals surface area contributed by atoms with Crippen molar-refractivity contribution in [2.75, 3.05) is 0 Å². The van der Waals surface area contributed by atoms with Crippen LogP contribution >= 0.6 is 0 Å². The Morgan fingerprint density at radius 2 is 2.00 bits per heavy atom. The summed E-state index contributed by atoms with van der Waals surface area (Å²) in [7, 11) is 0. The Kier molecular flexibility index (Phi) is 5.67. The van der Waals surface area contributed by atoms with Gasteiger partial charge in [-0.25, -0.2) is 0 Å². The van der Waals surface area contributed by atoms with Gasteiger partial charge in [0, 0.05) is 12.1 Å². The maximum atomic E-state index is 5.71. The van der Waals surface area contributed by atoms with Gasteiger partial charge in [0.15, 0.2) is 0 Å². The molecule has 0 radical (unpaired) electrons. The van der Waals surface area contributed by atoms with E-state index in [0.29, 0.717) is 0 Å². The fourth-order valence-electron chi connectivity index (χ4n) is 2.06. The highest BCUT2D eigenvalue weighted by Crippen LogP contribution is 2.17. The second kappa shape index (κ2) is 6.79. The molecule has 0 saturated carbocycles. The lowest BCUT2D eigenvalue weighted by Crippen LogP contribution is -2.38. The van der Waals surface area contributed by atoms with Gasteiger partial charge in [0.2, 0.25) is 0 Å². The third-order valence-electron chi connectivity index (χ3n) is 2.92. The van der Waals surface area contributed by atoms with E-state index in [1.807, 2.05) is 6.07 Å². The van der Waals surface area contributed by atoms with Crippen molar-refractivity contribution in [3.05, 3.63) is 29.8 Å². The van der Waals surface area contributed by atoms with Crippen LogP contribution in [0.1, 0.15) is 53.0 Å². The smallest absolute Gasteiger partial charge is 0.120 e. The van der Waals surface area contributed by atoms with Gasteiger partial charge in [-0.3, -0.25) is 0 Å². The van der Waals surface area contributed by atoms with E-state index in [-0.39, 0.29) is 11.6 Å². The summed E-state index contributed by atoms with van der Waals surface area (Å²) in [6.07, 6.45) is 2.62. The number of ether oxygens (including phenoxy) is 1. The molecule has 0 aliphatic rings. The van der Waals surface area contributed by atoms with Crippen molar-refractivity contribution in [1.82, 2.24) is 5.32 Å². The molecule has 102 valence electrons. The average molecular weight is 249 g/mol. The van der Waals surface area contributed by atoms with Crippen LogP contribution < -0.4 is 10.1 Å². The lowest BCUT2D eigenvalue weighted by Gasteiger charge is -2.26. The van der Waals surface area contributed by atoms with Crippen LogP contribution in [0.2, 0.25) is 0 Å². The average Bonchev–Trinajstić information content (AvgIpc) is 2.26. The third-order valence-corrected chi connectivity index (χ3v) is 2.92. The molecule has 0 fully saturated rings. The number of hydrogen-bond donors (Lipinski definition) is 1. The molecule has 1 rings (SSSR count). The van der Waals surface area contributed by atoms with Crippen molar-refractivity contribution in [2.45, 2.75) is 65.6 Å². The summed E-state index contributed by atoms with van der Waals surface area (Å²) in [6.45, 7) is 11.7. The topological polar surface area (TPSA) is 21.3 Å². The Balaban J connectivity index is 2.57. The molecular weight excluding hydrogens is 222 g/mol. The Hall–Kier alpha value is -1.02. The predicted octanol–water partition coefficient (Wildman–Crippen LogP) is 4.14. The van der Waals surface area contributed by atoms with Crippen LogP contribution in [0.4, 0.5) is 0 Å². The first-order chi connectivity index (χ1) is 8.43. The van der Waals surface area contributed by atoms with Crippen molar-refractivity contribution in [3.63, 3.8) is 0 Å². The van der Waals surface area contributed by atoms with Crippen LogP contribution in [0.5, 0.6) is 5.75 Å². The van der Waals surface area contributed by atoms with Crippen molar-refractivity contribution >= 4 is 0 Å². The molecule has 2 heteroatoms. The van der Waals surface area contributed by atoms with Crippen molar-refractivity contribution < 1.29 is 4.74 Å². The second-order valence-corrected chi connectivity index (χ2v) is 5.80. The largest absolute Gasteiger partial charge is 0.491 e. The van der Waals surface area contributed by atoms with Crippen LogP contribution in [-0.4, -0.2) is 11.6 Å². The molecule has 0 unspecified atom stereocenters. The molecule has 0 amide bonds. The van der Waals surface area contributed by atoms with Crippen LogP contribution in [0.15, 0.2) is 24.3 Å². The van der Waals surface area contributed by atoms with Crippen LogP contribution in [-0.2, 0) is 6.54 Å². The molecule has 2 nitrogen and oxygen atoms in total. The van der Waals surface area contributed by atoms with Crippen molar-refractivity contribution in [3.8, 4) is 5.75 Å². The number of benzene rings is 1. The molecule has 1 N–H and O–H groups in total. The minimum absolute atomic E-state index is 0.198. The van der Waals surface area contributed by atoms with E-state index in [1.165, 1.54) is 18.4 Å². The zero-order chi connectivity index (χ0) is 13.6. The summed E-state index contributed by atoms with van der Waals surface area (Å²) < 4.78 is 5.71. The standard InChI is InChI=1S/C16H27NO/c1-6-10-16(4,5)17-12-14-8-7-9-15(11-14)18-13(2)3/h7-9,11,13,17H,6,10,12H2,1-5H3. The van der Waals surface area contributed by atoms with Crippen LogP contribution in [0, 0.1) is 0 Å². The summed E-state index contributed by atoms with van der Waals surface area (Å²) >= 11 is 0. The Labute approximate surface area is 112 Å². The van der Waals surface area contributed by atoms with Gasteiger partial charge in [0.05, 0.1) is 6.10 Å². The van der Waals surface area contributed by atoms with Gasteiger partial charge in [-0.1, -0.05) is 25.5 Å². The lowest BCUT2D eigenvalue weighted by atomic mass is 9.98. The van der Waals surface area contributed by atoms with E-state index in [9.17, 15) is 0 Å². The Morgan fingerprint density at radius 1 is 1.28 bits per heavy atom.